The number of carbonyl (C=O) groups is 2. The summed E-state index contributed by atoms with van der Waals surface area (Å²) in [5.41, 5.74) is 6.04. The molecule has 1 saturated heterocycles. The van der Waals surface area contributed by atoms with Crippen LogP contribution in [-0.4, -0.2) is 55.6 Å². The van der Waals surface area contributed by atoms with Gasteiger partial charge in [0.15, 0.2) is 0 Å². The summed E-state index contributed by atoms with van der Waals surface area (Å²) in [5.74, 6) is 0.534. The minimum atomic E-state index is -0.104. The summed E-state index contributed by atoms with van der Waals surface area (Å²) in [6.45, 7) is 5.07. The summed E-state index contributed by atoms with van der Waals surface area (Å²) in [7, 11) is 0. The number of carbonyl (C=O) groups excluding carboxylic acids is 2. The van der Waals surface area contributed by atoms with Crippen molar-refractivity contribution in [2.24, 2.45) is 17.6 Å². The fourth-order valence-electron chi connectivity index (χ4n) is 3.10. The SMILES string of the molecule is CC1CCC(N)C(C(=O)NCCC(=O)N2CCOCC2)C1. The van der Waals surface area contributed by atoms with Gasteiger partial charge in [-0.3, -0.25) is 9.59 Å². The minimum absolute atomic E-state index is 0.00354. The predicted molar refractivity (Wildman–Crippen MR) is 79.5 cm³/mol. The van der Waals surface area contributed by atoms with Gasteiger partial charge in [0.2, 0.25) is 11.8 Å². The summed E-state index contributed by atoms with van der Waals surface area (Å²) < 4.78 is 5.22. The molecule has 1 heterocycles. The lowest BCUT2D eigenvalue weighted by molar-refractivity contribution is -0.135. The molecule has 3 atom stereocenters. The zero-order chi connectivity index (χ0) is 15.2. The van der Waals surface area contributed by atoms with E-state index >= 15 is 0 Å². The van der Waals surface area contributed by atoms with Gasteiger partial charge in [0.05, 0.1) is 19.1 Å². The minimum Gasteiger partial charge on any atom is -0.378 e. The topological polar surface area (TPSA) is 84.7 Å². The molecule has 0 aromatic rings. The van der Waals surface area contributed by atoms with Crippen LogP contribution in [0.1, 0.15) is 32.6 Å². The van der Waals surface area contributed by atoms with Crippen LogP contribution >= 0.6 is 0 Å². The van der Waals surface area contributed by atoms with E-state index in [1.807, 2.05) is 0 Å². The summed E-state index contributed by atoms with van der Waals surface area (Å²) in [5, 5.41) is 2.88. The first-order valence-corrected chi connectivity index (χ1v) is 7.96. The average Bonchev–Trinajstić information content (AvgIpc) is 2.50. The molecule has 0 aromatic heterocycles. The Morgan fingerprint density at radius 1 is 1.29 bits per heavy atom. The molecule has 120 valence electrons. The van der Waals surface area contributed by atoms with Crippen LogP contribution in [0.3, 0.4) is 0 Å². The van der Waals surface area contributed by atoms with Crippen LogP contribution in [0.5, 0.6) is 0 Å². The fourth-order valence-corrected chi connectivity index (χ4v) is 3.10. The number of ether oxygens (including phenoxy) is 1. The van der Waals surface area contributed by atoms with E-state index in [-0.39, 0.29) is 23.8 Å². The van der Waals surface area contributed by atoms with Crippen molar-refractivity contribution in [1.29, 1.82) is 0 Å². The van der Waals surface area contributed by atoms with Gasteiger partial charge in [0.25, 0.3) is 0 Å². The molecule has 0 bridgehead atoms. The van der Waals surface area contributed by atoms with Crippen LogP contribution < -0.4 is 11.1 Å². The Kier molecular flexibility index (Phi) is 5.99. The Labute approximate surface area is 126 Å². The molecular weight excluding hydrogens is 270 g/mol. The molecule has 0 aromatic carbocycles. The van der Waals surface area contributed by atoms with Crippen molar-refractivity contribution in [3.63, 3.8) is 0 Å². The fraction of sp³-hybridized carbons (Fsp3) is 0.867. The molecule has 21 heavy (non-hydrogen) atoms. The van der Waals surface area contributed by atoms with Gasteiger partial charge in [-0.25, -0.2) is 0 Å². The van der Waals surface area contributed by atoms with Gasteiger partial charge in [-0.2, -0.15) is 0 Å². The van der Waals surface area contributed by atoms with Crippen molar-refractivity contribution in [3.05, 3.63) is 0 Å². The number of rotatable bonds is 4. The molecule has 1 aliphatic heterocycles. The lowest BCUT2D eigenvalue weighted by Crippen LogP contribution is -2.46. The van der Waals surface area contributed by atoms with Gasteiger partial charge in [-0.15, -0.1) is 0 Å². The molecule has 0 radical (unpaired) electrons. The van der Waals surface area contributed by atoms with Gasteiger partial charge in [-0.05, 0) is 25.2 Å². The quantitative estimate of drug-likeness (QED) is 0.771. The van der Waals surface area contributed by atoms with E-state index in [1.165, 1.54) is 0 Å². The van der Waals surface area contributed by atoms with E-state index in [9.17, 15) is 9.59 Å². The third kappa shape index (κ3) is 4.68. The molecule has 2 fully saturated rings. The van der Waals surface area contributed by atoms with E-state index in [2.05, 4.69) is 12.2 Å². The summed E-state index contributed by atoms with van der Waals surface area (Å²) in [4.78, 5) is 25.9. The number of nitrogens with zero attached hydrogens (tertiary/aromatic N) is 1. The summed E-state index contributed by atoms with van der Waals surface area (Å²) in [6, 6.07) is -0.0452. The molecule has 1 aliphatic carbocycles. The Bertz CT molecular complexity index is 369. The van der Waals surface area contributed by atoms with Crippen molar-refractivity contribution >= 4 is 11.8 Å². The first-order chi connectivity index (χ1) is 10.1. The maximum absolute atomic E-state index is 12.2. The van der Waals surface area contributed by atoms with Crippen LogP contribution in [0, 0.1) is 11.8 Å². The zero-order valence-electron chi connectivity index (χ0n) is 12.8. The smallest absolute Gasteiger partial charge is 0.224 e. The highest BCUT2D eigenvalue weighted by Crippen LogP contribution is 2.27. The Hall–Kier alpha value is -1.14. The third-order valence-corrected chi connectivity index (χ3v) is 4.50. The number of nitrogens with two attached hydrogens (primary N) is 1. The Balaban J connectivity index is 1.69. The average molecular weight is 297 g/mol. The standard InChI is InChI=1S/C15H27N3O3/c1-11-2-3-13(16)12(10-11)15(20)17-5-4-14(19)18-6-8-21-9-7-18/h11-13H,2-10,16H2,1H3,(H,17,20). The van der Waals surface area contributed by atoms with Gasteiger partial charge < -0.3 is 20.7 Å². The van der Waals surface area contributed by atoms with E-state index in [0.717, 1.165) is 19.3 Å². The number of morpholine rings is 1. The van der Waals surface area contributed by atoms with E-state index in [1.54, 1.807) is 4.90 Å². The number of amides is 2. The highest BCUT2D eigenvalue weighted by atomic mass is 16.5. The second-order valence-corrected chi connectivity index (χ2v) is 6.22. The van der Waals surface area contributed by atoms with Crippen molar-refractivity contribution < 1.29 is 14.3 Å². The third-order valence-electron chi connectivity index (χ3n) is 4.50. The lowest BCUT2D eigenvalue weighted by atomic mass is 9.79. The Morgan fingerprint density at radius 2 is 2.00 bits per heavy atom. The van der Waals surface area contributed by atoms with Crippen molar-refractivity contribution in [2.75, 3.05) is 32.8 Å². The number of hydrogen-bond acceptors (Lipinski definition) is 4. The first kappa shape index (κ1) is 16.2. The second kappa shape index (κ2) is 7.75. The maximum Gasteiger partial charge on any atom is 0.224 e. The largest absolute Gasteiger partial charge is 0.378 e. The number of hydrogen-bond donors (Lipinski definition) is 2. The van der Waals surface area contributed by atoms with Crippen molar-refractivity contribution in [1.82, 2.24) is 10.2 Å². The van der Waals surface area contributed by atoms with Crippen LogP contribution in [0.15, 0.2) is 0 Å². The zero-order valence-corrected chi connectivity index (χ0v) is 12.8. The molecule has 2 rings (SSSR count). The molecule has 3 N–H and O–H groups in total. The van der Waals surface area contributed by atoms with Crippen LogP contribution in [0.4, 0.5) is 0 Å². The Morgan fingerprint density at radius 3 is 2.71 bits per heavy atom. The van der Waals surface area contributed by atoms with E-state index < -0.39 is 0 Å². The molecule has 2 aliphatic rings. The number of nitrogens with one attached hydrogen (secondary N) is 1. The highest BCUT2D eigenvalue weighted by molar-refractivity contribution is 5.81. The molecular formula is C15H27N3O3. The van der Waals surface area contributed by atoms with E-state index in [4.69, 9.17) is 10.5 Å². The van der Waals surface area contributed by atoms with Crippen LogP contribution in [0.2, 0.25) is 0 Å². The summed E-state index contributed by atoms with van der Waals surface area (Å²) in [6.07, 6.45) is 3.21. The first-order valence-electron chi connectivity index (χ1n) is 7.96. The molecule has 6 heteroatoms. The second-order valence-electron chi connectivity index (χ2n) is 6.22. The lowest BCUT2D eigenvalue weighted by Gasteiger charge is -2.31. The predicted octanol–water partition coefficient (Wildman–Crippen LogP) is 0.115. The molecule has 3 unspecified atom stereocenters. The normalized spacial score (nSPS) is 30.0. The maximum atomic E-state index is 12.2. The van der Waals surface area contributed by atoms with Gasteiger partial charge in [0, 0.05) is 32.1 Å². The summed E-state index contributed by atoms with van der Waals surface area (Å²) >= 11 is 0. The van der Waals surface area contributed by atoms with Crippen LogP contribution in [-0.2, 0) is 14.3 Å². The highest BCUT2D eigenvalue weighted by Gasteiger charge is 2.31. The van der Waals surface area contributed by atoms with E-state index in [0.29, 0.717) is 45.2 Å². The molecule has 0 spiro atoms. The van der Waals surface area contributed by atoms with Gasteiger partial charge in [0.1, 0.15) is 0 Å². The van der Waals surface area contributed by atoms with Gasteiger partial charge in [-0.1, -0.05) is 6.92 Å². The van der Waals surface area contributed by atoms with Crippen LogP contribution in [0.25, 0.3) is 0 Å². The van der Waals surface area contributed by atoms with Crippen molar-refractivity contribution in [3.8, 4) is 0 Å². The van der Waals surface area contributed by atoms with Crippen molar-refractivity contribution in [2.45, 2.75) is 38.6 Å². The molecule has 1 saturated carbocycles. The monoisotopic (exact) mass is 297 g/mol. The molecule has 6 nitrogen and oxygen atoms in total. The van der Waals surface area contributed by atoms with Gasteiger partial charge >= 0.3 is 0 Å². The molecule has 2 amide bonds.